The first-order valence-electron chi connectivity index (χ1n) is 2.88. The molecule has 5 nitrogen and oxygen atoms in total. The van der Waals surface area contributed by atoms with Gasteiger partial charge < -0.3 is 0 Å². The van der Waals surface area contributed by atoms with Gasteiger partial charge in [0.1, 0.15) is 5.84 Å². The summed E-state index contributed by atoms with van der Waals surface area (Å²) in [4.78, 5) is 0. The van der Waals surface area contributed by atoms with E-state index in [0.717, 1.165) is 12.4 Å². The molecule has 1 aliphatic heterocycles. The van der Waals surface area contributed by atoms with Crippen LogP contribution in [0.4, 0.5) is 0 Å². The minimum absolute atomic E-state index is 0.864. The van der Waals surface area contributed by atoms with Gasteiger partial charge >= 0.3 is 0 Å². The van der Waals surface area contributed by atoms with Crippen molar-refractivity contribution in [3.05, 3.63) is 0 Å². The van der Waals surface area contributed by atoms with Gasteiger partial charge in [0.25, 0.3) is 0 Å². The summed E-state index contributed by atoms with van der Waals surface area (Å²) in [5.41, 5.74) is 2.79. The minimum atomic E-state index is 0.864. The van der Waals surface area contributed by atoms with Crippen molar-refractivity contribution in [3.63, 3.8) is 0 Å². The molecule has 1 rings (SSSR count). The lowest BCUT2D eigenvalue weighted by atomic mass is 10.6. The predicted molar refractivity (Wildman–Crippen MR) is 34.7 cm³/mol. The van der Waals surface area contributed by atoms with E-state index in [-0.39, 0.29) is 0 Å². The van der Waals surface area contributed by atoms with E-state index in [9.17, 15) is 0 Å². The number of hydrogen-bond acceptors (Lipinski definition) is 5. The van der Waals surface area contributed by atoms with E-state index < -0.39 is 0 Å². The average Bonchev–Trinajstić information content (AvgIpc) is 2.10. The monoisotopic (exact) mass is 129 g/mol. The summed E-state index contributed by atoms with van der Waals surface area (Å²) in [5.74, 6) is 6.17. The number of rotatable bonds is 1. The maximum atomic E-state index is 5.28. The van der Waals surface area contributed by atoms with Crippen LogP contribution in [0.25, 0.3) is 0 Å². The first kappa shape index (κ1) is 6.31. The van der Waals surface area contributed by atoms with Crippen LogP contribution in [-0.2, 0) is 0 Å². The van der Waals surface area contributed by atoms with Crippen LogP contribution >= 0.6 is 0 Å². The van der Waals surface area contributed by atoms with Gasteiger partial charge in [0.2, 0.25) is 0 Å². The summed E-state index contributed by atoms with van der Waals surface area (Å²) < 4.78 is 0. The average molecular weight is 129 g/mol. The molecule has 0 bridgehead atoms. The normalized spacial score (nSPS) is 18.8. The van der Waals surface area contributed by atoms with Crippen molar-refractivity contribution in [1.29, 1.82) is 0 Å². The number of hydrogen-bond donors (Lipinski definition) is 2. The second-order valence-corrected chi connectivity index (χ2v) is 1.84. The second-order valence-electron chi connectivity index (χ2n) is 1.84. The summed E-state index contributed by atoms with van der Waals surface area (Å²) in [7, 11) is 0. The Bertz CT molecular complexity index is 131. The fourth-order valence-electron chi connectivity index (χ4n) is 0.728. The fraction of sp³-hybridized carbons (Fsp3) is 0.750. The molecule has 0 saturated carbocycles. The molecule has 1 heterocycles. The Balaban J connectivity index is 2.53. The zero-order valence-corrected chi connectivity index (χ0v) is 5.63. The van der Waals surface area contributed by atoms with E-state index in [0.29, 0.717) is 0 Å². The molecule has 0 aromatic rings. The second kappa shape index (κ2) is 2.20. The first-order valence-corrected chi connectivity index (χ1v) is 2.88. The summed E-state index contributed by atoms with van der Waals surface area (Å²) in [5, 5.41) is 6.92. The zero-order valence-electron chi connectivity index (χ0n) is 5.63. The van der Waals surface area contributed by atoms with Gasteiger partial charge in [-0.15, -0.1) is 15.9 Å². The standard InChI is InChI=1S/C4H11N5/c1-3-8-4(2)6-9(5)7-8/h7H,3,5H2,1-2H3. The van der Waals surface area contributed by atoms with Crippen LogP contribution in [0.1, 0.15) is 13.8 Å². The highest BCUT2D eigenvalue weighted by Crippen LogP contribution is 1.94. The third-order valence-corrected chi connectivity index (χ3v) is 1.18. The van der Waals surface area contributed by atoms with Crippen molar-refractivity contribution < 1.29 is 0 Å². The SMILES string of the molecule is CCN1NN(N)N=C1C. The molecule has 0 amide bonds. The number of amidine groups is 1. The molecule has 3 N–H and O–H groups in total. The van der Waals surface area contributed by atoms with Gasteiger partial charge in [-0.1, -0.05) is 0 Å². The Morgan fingerprint density at radius 1 is 1.78 bits per heavy atom. The Labute approximate surface area is 54.0 Å². The lowest BCUT2D eigenvalue weighted by Gasteiger charge is -2.15. The number of nitrogens with two attached hydrogens (primary N) is 1. The molecule has 0 saturated heterocycles. The Morgan fingerprint density at radius 3 is 2.67 bits per heavy atom. The van der Waals surface area contributed by atoms with Crippen LogP contribution in [0.2, 0.25) is 0 Å². The number of hydrazine groups is 3. The van der Waals surface area contributed by atoms with Gasteiger partial charge in [-0.05, 0) is 13.8 Å². The van der Waals surface area contributed by atoms with Crippen LogP contribution < -0.4 is 11.4 Å². The van der Waals surface area contributed by atoms with Gasteiger partial charge in [-0.2, -0.15) is 0 Å². The molecule has 1 aliphatic rings. The number of nitrogens with zero attached hydrogens (tertiary/aromatic N) is 3. The molecule has 0 unspecified atom stereocenters. The van der Waals surface area contributed by atoms with Crippen molar-refractivity contribution in [2.45, 2.75) is 13.8 Å². The van der Waals surface area contributed by atoms with Crippen molar-refractivity contribution >= 4 is 5.84 Å². The summed E-state index contributed by atoms with van der Waals surface area (Å²) >= 11 is 0. The molecular weight excluding hydrogens is 118 g/mol. The molecule has 0 atom stereocenters. The van der Waals surface area contributed by atoms with Gasteiger partial charge in [0.05, 0.1) is 0 Å². The molecule has 0 fully saturated rings. The molecule has 5 heteroatoms. The molecule has 9 heavy (non-hydrogen) atoms. The third kappa shape index (κ3) is 1.11. The lowest BCUT2D eigenvalue weighted by molar-refractivity contribution is 0.119. The molecule has 0 radical (unpaired) electrons. The topological polar surface area (TPSA) is 56.9 Å². The van der Waals surface area contributed by atoms with Crippen molar-refractivity contribution in [2.24, 2.45) is 10.9 Å². The highest BCUT2D eigenvalue weighted by molar-refractivity contribution is 5.79. The van der Waals surface area contributed by atoms with Crippen molar-refractivity contribution in [2.75, 3.05) is 6.54 Å². The third-order valence-electron chi connectivity index (χ3n) is 1.18. The number of nitrogens with one attached hydrogen (secondary N) is 1. The quantitative estimate of drug-likeness (QED) is 0.457. The molecule has 52 valence electrons. The Hall–Kier alpha value is -0.810. The van der Waals surface area contributed by atoms with E-state index in [2.05, 4.69) is 10.6 Å². The van der Waals surface area contributed by atoms with Gasteiger partial charge in [-0.3, -0.25) is 5.01 Å². The van der Waals surface area contributed by atoms with E-state index in [1.54, 1.807) is 0 Å². The maximum Gasteiger partial charge on any atom is 0.140 e. The maximum absolute atomic E-state index is 5.28. The summed E-state index contributed by atoms with van der Waals surface area (Å²) in [6.07, 6.45) is 0. The molecule has 0 spiro atoms. The molecule has 0 aromatic carbocycles. The molecular formula is C4H11N5. The molecule has 0 aliphatic carbocycles. The Morgan fingerprint density at radius 2 is 2.44 bits per heavy atom. The van der Waals surface area contributed by atoms with E-state index >= 15 is 0 Å². The van der Waals surface area contributed by atoms with Gasteiger partial charge in [0.15, 0.2) is 0 Å². The highest BCUT2D eigenvalue weighted by Gasteiger charge is 2.13. The fourth-order valence-corrected chi connectivity index (χ4v) is 0.728. The Kier molecular flexibility index (Phi) is 1.54. The van der Waals surface area contributed by atoms with Crippen molar-refractivity contribution in [1.82, 2.24) is 15.8 Å². The van der Waals surface area contributed by atoms with Crippen LogP contribution in [-0.4, -0.2) is 22.6 Å². The van der Waals surface area contributed by atoms with Crippen LogP contribution in [0, 0.1) is 0 Å². The van der Waals surface area contributed by atoms with E-state index in [4.69, 9.17) is 5.84 Å². The van der Waals surface area contributed by atoms with Crippen LogP contribution in [0.15, 0.2) is 5.10 Å². The van der Waals surface area contributed by atoms with Crippen molar-refractivity contribution in [3.8, 4) is 0 Å². The lowest BCUT2D eigenvalue weighted by Crippen LogP contribution is -2.45. The summed E-state index contributed by atoms with van der Waals surface area (Å²) in [6, 6.07) is 0. The largest absolute Gasteiger partial charge is 0.274 e. The van der Waals surface area contributed by atoms with Crippen LogP contribution in [0.5, 0.6) is 0 Å². The predicted octanol–water partition coefficient (Wildman–Crippen LogP) is -0.749. The van der Waals surface area contributed by atoms with Gasteiger partial charge in [-0.25, -0.2) is 5.84 Å². The minimum Gasteiger partial charge on any atom is -0.274 e. The highest BCUT2D eigenvalue weighted by atomic mass is 16.0. The van der Waals surface area contributed by atoms with E-state index in [1.807, 2.05) is 18.9 Å². The zero-order chi connectivity index (χ0) is 6.85. The number of hydrazone groups is 1. The smallest absolute Gasteiger partial charge is 0.140 e. The summed E-state index contributed by atoms with van der Waals surface area (Å²) in [6.45, 7) is 4.78. The first-order chi connectivity index (χ1) is 4.24. The van der Waals surface area contributed by atoms with Crippen LogP contribution in [0.3, 0.4) is 0 Å². The van der Waals surface area contributed by atoms with E-state index in [1.165, 1.54) is 5.23 Å². The molecule has 0 aromatic heterocycles. The van der Waals surface area contributed by atoms with Gasteiger partial charge in [0, 0.05) is 6.54 Å².